The highest BCUT2D eigenvalue weighted by atomic mass is 16.5. The number of carbonyl (C=O) groups excluding carboxylic acids is 2. The molecule has 0 aromatic rings. The van der Waals surface area contributed by atoms with E-state index in [1.807, 2.05) is 0 Å². The summed E-state index contributed by atoms with van der Waals surface area (Å²) in [5, 5.41) is 0. The van der Waals surface area contributed by atoms with E-state index in [1.165, 1.54) is 6.92 Å². The molecule has 0 N–H and O–H groups in total. The minimum absolute atomic E-state index is 0.0411. The number of rotatable bonds is 2. The zero-order valence-corrected chi connectivity index (χ0v) is 8.36. The third-order valence-electron chi connectivity index (χ3n) is 2.80. The second kappa shape index (κ2) is 3.69. The first kappa shape index (κ1) is 9.65. The molecule has 78 valence electrons. The fourth-order valence-corrected chi connectivity index (χ4v) is 2.14. The summed E-state index contributed by atoms with van der Waals surface area (Å²) in [7, 11) is 0. The molecule has 2 unspecified atom stereocenters. The number of nitrogens with zero attached hydrogens (tertiary/aromatic N) is 1. The Bertz CT molecular complexity index is 252. The Labute approximate surface area is 83.2 Å². The molecule has 0 saturated carbocycles. The molecule has 4 nitrogen and oxygen atoms in total. The Morgan fingerprint density at radius 3 is 2.36 bits per heavy atom. The van der Waals surface area contributed by atoms with E-state index < -0.39 is 0 Å². The van der Waals surface area contributed by atoms with Crippen LogP contribution in [0.1, 0.15) is 26.2 Å². The maximum Gasteiger partial charge on any atom is 0.230 e. The maximum absolute atomic E-state index is 11.6. The van der Waals surface area contributed by atoms with Crippen molar-refractivity contribution in [2.75, 3.05) is 13.1 Å². The van der Waals surface area contributed by atoms with Crippen molar-refractivity contribution in [1.82, 2.24) is 4.90 Å². The minimum Gasteiger partial charge on any atom is -0.371 e. The highest BCUT2D eigenvalue weighted by molar-refractivity contribution is 5.96. The van der Waals surface area contributed by atoms with Gasteiger partial charge in [-0.2, -0.15) is 0 Å². The minimum atomic E-state index is -0.0613. The van der Waals surface area contributed by atoms with E-state index in [9.17, 15) is 9.59 Å². The van der Waals surface area contributed by atoms with Gasteiger partial charge in [0.25, 0.3) is 0 Å². The zero-order valence-electron chi connectivity index (χ0n) is 8.36. The van der Waals surface area contributed by atoms with Gasteiger partial charge in [-0.25, -0.2) is 0 Å². The molecule has 2 atom stereocenters. The summed E-state index contributed by atoms with van der Waals surface area (Å²) >= 11 is 0. The molecule has 0 radical (unpaired) electrons. The van der Waals surface area contributed by atoms with Crippen molar-refractivity contribution in [3.05, 3.63) is 0 Å². The van der Waals surface area contributed by atoms with Gasteiger partial charge < -0.3 is 9.64 Å². The molecule has 0 spiro atoms. The topological polar surface area (TPSA) is 46.6 Å². The summed E-state index contributed by atoms with van der Waals surface area (Å²) < 4.78 is 5.60. The van der Waals surface area contributed by atoms with Gasteiger partial charge >= 0.3 is 0 Å². The summed E-state index contributed by atoms with van der Waals surface area (Å²) in [5.41, 5.74) is 0. The standard InChI is InChI=1S/C10H15NO3/c1-7(12)4-10(13)11-5-8-2-3-9(6-11)14-8/h8-9H,2-6H2,1H3. The molecule has 0 aromatic heterocycles. The van der Waals surface area contributed by atoms with Crippen molar-refractivity contribution in [3.63, 3.8) is 0 Å². The first-order chi connectivity index (χ1) is 6.65. The van der Waals surface area contributed by atoms with E-state index in [4.69, 9.17) is 4.74 Å². The highest BCUT2D eigenvalue weighted by Gasteiger charge is 2.35. The fourth-order valence-electron chi connectivity index (χ4n) is 2.14. The summed E-state index contributed by atoms with van der Waals surface area (Å²) in [4.78, 5) is 24.1. The number of hydrogen-bond donors (Lipinski definition) is 0. The smallest absolute Gasteiger partial charge is 0.230 e. The molecule has 1 amide bonds. The van der Waals surface area contributed by atoms with Crippen LogP contribution in [-0.4, -0.2) is 41.9 Å². The van der Waals surface area contributed by atoms with Crippen molar-refractivity contribution in [1.29, 1.82) is 0 Å². The van der Waals surface area contributed by atoms with Crippen LogP contribution in [0.5, 0.6) is 0 Å². The quantitative estimate of drug-likeness (QED) is 0.600. The number of Topliss-reactive ketones (excluding diaryl/α,β-unsaturated/α-hetero) is 1. The van der Waals surface area contributed by atoms with E-state index in [0.29, 0.717) is 13.1 Å². The van der Waals surface area contributed by atoms with Gasteiger partial charge in [-0.3, -0.25) is 9.59 Å². The average molecular weight is 197 g/mol. The summed E-state index contributed by atoms with van der Waals surface area (Å²) in [5.74, 6) is -0.105. The van der Waals surface area contributed by atoms with Crippen LogP contribution in [0, 0.1) is 0 Å². The first-order valence-electron chi connectivity index (χ1n) is 5.08. The van der Waals surface area contributed by atoms with Crippen LogP contribution in [0.4, 0.5) is 0 Å². The Balaban J connectivity index is 1.92. The van der Waals surface area contributed by atoms with Crippen molar-refractivity contribution in [3.8, 4) is 0 Å². The van der Waals surface area contributed by atoms with Gasteiger partial charge in [0.05, 0.1) is 18.6 Å². The van der Waals surface area contributed by atoms with Crippen molar-refractivity contribution in [2.24, 2.45) is 0 Å². The van der Waals surface area contributed by atoms with E-state index in [0.717, 1.165) is 12.8 Å². The van der Waals surface area contributed by atoms with Gasteiger partial charge in [0, 0.05) is 13.1 Å². The van der Waals surface area contributed by atoms with Crippen molar-refractivity contribution >= 4 is 11.7 Å². The number of carbonyl (C=O) groups is 2. The second-order valence-electron chi connectivity index (χ2n) is 4.13. The first-order valence-corrected chi connectivity index (χ1v) is 5.08. The van der Waals surface area contributed by atoms with Gasteiger partial charge in [-0.15, -0.1) is 0 Å². The van der Waals surface area contributed by atoms with Crippen LogP contribution in [0.2, 0.25) is 0 Å². The van der Waals surface area contributed by atoms with Gasteiger partial charge in [-0.1, -0.05) is 0 Å². The number of ether oxygens (including phenoxy) is 1. The van der Waals surface area contributed by atoms with Gasteiger partial charge in [-0.05, 0) is 19.8 Å². The number of morpholine rings is 1. The molecule has 2 rings (SSSR count). The lowest BCUT2D eigenvalue weighted by Crippen LogP contribution is -2.46. The lowest BCUT2D eigenvalue weighted by molar-refractivity contribution is -0.142. The van der Waals surface area contributed by atoms with Crippen molar-refractivity contribution in [2.45, 2.75) is 38.4 Å². The number of amides is 1. The molecule has 2 saturated heterocycles. The Hall–Kier alpha value is -0.900. The molecule has 2 heterocycles. The van der Waals surface area contributed by atoms with Crippen LogP contribution < -0.4 is 0 Å². The van der Waals surface area contributed by atoms with Gasteiger partial charge in [0.1, 0.15) is 5.78 Å². The number of fused-ring (bicyclic) bond motifs is 2. The molecule has 0 aliphatic carbocycles. The second-order valence-corrected chi connectivity index (χ2v) is 4.13. The third kappa shape index (κ3) is 1.95. The highest BCUT2D eigenvalue weighted by Crippen LogP contribution is 2.26. The largest absolute Gasteiger partial charge is 0.371 e. The van der Waals surface area contributed by atoms with Crippen LogP contribution in [0.15, 0.2) is 0 Å². The molecule has 2 fully saturated rings. The number of ketones is 1. The zero-order chi connectivity index (χ0) is 10.1. The lowest BCUT2D eigenvalue weighted by atomic mass is 10.2. The van der Waals surface area contributed by atoms with E-state index in [2.05, 4.69) is 0 Å². The molecule has 2 aliphatic heterocycles. The third-order valence-corrected chi connectivity index (χ3v) is 2.80. The van der Waals surface area contributed by atoms with Crippen LogP contribution in [0.3, 0.4) is 0 Å². The van der Waals surface area contributed by atoms with E-state index in [1.54, 1.807) is 4.90 Å². The molecular weight excluding hydrogens is 182 g/mol. The number of hydrogen-bond acceptors (Lipinski definition) is 3. The van der Waals surface area contributed by atoms with Crippen LogP contribution in [-0.2, 0) is 14.3 Å². The normalized spacial score (nSPS) is 30.5. The van der Waals surface area contributed by atoms with Gasteiger partial charge in [0.15, 0.2) is 0 Å². The summed E-state index contributed by atoms with van der Waals surface area (Å²) in [6, 6.07) is 0. The molecule has 4 heteroatoms. The lowest BCUT2D eigenvalue weighted by Gasteiger charge is -2.31. The number of likely N-dealkylation sites (tertiary alicyclic amines) is 1. The summed E-state index contributed by atoms with van der Waals surface area (Å²) in [6.07, 6.45) is 2.57. The molecule has 0 aromatic carbocycles. The monoisotopic (exact) mass is 197 g/mol. The van der Waals surface area contributed by atoms with E-state index >= 15 is 0 Å². The summed E-state index contributed by atoms with van der Waals surface area (Å²) in [6.45, 7) is 2.79. The molecular formula is C10H15NO3. The Morgan fingerprint density at radius 1 is 1.29 bits per heavy atom. The van der Waals surface area contributed by atoms with Crippen LogP contribution in [0.25, 0.3) is 0 Å². The Kier molecular flexibility index (Phi) is 2.54. The van der Waals surface area contributed by atoms with Crippen LogP contribution >= 0.6 is 0 Å². The van der Waals surface area contributed by atoms with Crippen molar-refractivity contribution < 1.29 is 14.3 Å². The predicted octanol–water partition coefficient (Wildman–Crippen LogP) is 0.355. The molecule has 2 bridgehead atoms. The molecule has 14 heavy (non-hydrogen) atoms. The van der Waals surface area contributed by atoms with E-state index in [-0.39, 0.29) is 30.3 Å². The fraction of sp³-hybridized carbons (Fsp3) is 0.800. The predicted molar refractivity (Wildman–Crippen MR) is 49.8 cm³/mol. The molecule has 2 aliphatic rings. The van der Waals surface area contributed by atoms with Gasteiger partial charge in [0.2, 0.25) is 5.91 Å². The Morgan fingerprint density at radius 2 is 1.86 bits per heavy atom. The SMILES string of the molecule is CC(=O)CC(=O)N1CC2CCC(C1)O2. The maximum atomic E-state index is 11.6. The average Bonchev–Trinajstić information content (AvgIpc) is 2.44.